The van der Waals surface area contributed by atoms with Crippen molar-refractivity contribution in [2.45, 2.75) is 12.5 Å². The van der Waals surface area contributed by atoms with E-state index in [2.05, 4.69) is 20.8 Å². The summed E-state index contributed by atoms with van der Waals surface area (Å²) in [4.78, 5) is 22.8. The number of carbonyl (C=O) groups is 2. The lowest BCUT2D eigenvalue weighted by atomic mass is 10.1. The largest absolute Gasteiger partial charge is 0.480 e. The molecule has 1 aromatic carbocycles. The summed E-state index contributed by atoms with van der Waals surface area (Å²) in [5, 5.41) is 21.5. The molecule has 2 aromatic rings. The normalized spacial score (nSPS) is 11.6. The third kappa shape index (κ3) is 4.02. The van der Waals surface area contributed by atoms with E-state index in [1.54, 1.807) is 12.1 Å². The van der Waals surface area contributed by atoms with Crippen molar-refractivity contribution in [3.8, 4) is 0 Å². The predicted molar refractivity (Wildman–Crippen MR) is 73.6 cm³/mol. The molecule has 0 saturated heterocycles. The third-order valence-electron chi connectivity index (χ3n) is 2.47. The monoisotopic (exact) mass is 292 g/mol. The SMILES string of the molecule is O=C(Nc1nncs1)N[C@H](Cc1ccccc1)C(=O)O. The van der Waals surface area contributed by atoms with Crippen molar-refractivity contribution < 1.29 is 14.7 Å². The summed E-state index contributed by atoms with van der Waals surface area (Å²) in [6.07, 6.45) is 0.208. The molecule has 2 amide bonds. The molecule has 8 heteroatoms. The van der Waals surface area contributed by atoms with Crippen molar-refractivity contribution >= 4 is 28.5 Å². The van der Waals surface area contributed by atoms with E-state index in [0.29, 0.717) is 5.13 Å². The van der Waals surface area contributed by atoms with Crippen LogP contribution in [-0.4, -0.2) is 33.3 Å². The number of aliphatic carboxylic acids is 1. The van der Waals surface area contributed by atoms with Gasteiger partial charge in [0.15, 0.2) is 0 Å². The molecule has 2 rings (SSSR count). The zero-order valence-corrected chi connectivity index (χ0v) is 11.1. The lowest BCUT2D eigenvalue weighted by Gasteiger charge is -2.14. The minimum atomic E-state index is -1.10. The van der Waals surface area contributed by atoms with Crippen molar-refractivity contribution in [2.24, 2.45) is 0 Å². The first-order valence-electron chi connectivity index (χ1n) is 5.75. The molecule has 0 aliphatic carbocycles. The lowest BCUT2D eigenvalue weighted by molar-refractivity contribution is -0.139. The van der Waals surface area contributed by atoms with Crippen LogP contribution >= 0.6 is 11.3 Å². The minimum absolute atomic E-state index is 0.208. The van der Waals surface area contributed by atoms with Gasteiger partial charge in [-0.1, -0.05) is 41.7 Å². The summed E-state index contributed by atoms with van der Waals surface area (Å²) in [7, 11) is 0. The average molecular weight is 292 g/mol. The van der Waals surface area contributed by atoms with Crippen LogP contribution in [0.5, 0.6) is 0 Å². The quantitative estimate of drug-likeness (QED) is 0.771. The van der Waals surface area contributed by atoms with Crippen molar-refractivity contribution in [3.63, 3.8) is 0 Å². The van der Waals surface area contributed by atoms with Crippen LogP contribution in [0.4, 0.5) is 9.93 Å². The number of anilines is 1. The van der Waals surface area contributed by atoms with E-state index in [4.69, 9.17) is 5.11 Å². The Kier molecular flexibility index (Phi) is 4.61. The van der Waals surface area contributed by atoms with Gasteiger partial charge in [-0.15, -0.1) is 10.2 Å². The number of nitrogens with one attached hydrogen (secondary N) is 2. The number of hydrogen-bond acceptors (Lipinski definition) is 5. The average Bonchev–Trinajstić information content (AvgIpc) is 2.92. The van der Waals surface area contributed by atoms with E-state index in [0.717, 1.165) is 16.9 Å². The van der Waals surface area contributed by atoms with Gasteiger partial charge in [-0.3, -0.25) is 5.32 Å². The summed E-state index contributed by atoms with van der Waals surface area (Å²) in [6.45, 7) is 0. The van der Waals surface area contributed by atoms with Gasteiger partial charge in [0.2, 0.25) is 5.13 Å². The highest BCUT2D eigenvalue weighted by Crippen LogP contribution is 2.08. The molecule has 20 heavy (non-hydrogen) atoms. The molecule has 7 nitrogen and oxygen atoms in total. The number of rotatable bonds is 5. The second-order valence-electron chi connectivity index (χ2n) is 3.92. The van der Waals surface area contributed by atoms with Crippen LogP contribution < -0.4 is 10.6 Å². The molecule has 0 fully saturated rings. The highest BCUT2D eigenvalue weighted by atomic mass is 32.1. The molecule has 0 unspecified atom stereocenters. The number of carboxylic acids is 1. The lowest BCUT2D eigenvalue weighted by Crippen LogP contribution is -2.44. The summed E-state index contributed by atoms with van der Waals surface area (Å²) in [6, 6.07) is 7.45. The van der Waals surface area contributed by atoms with E-state index < -0.39 is 18.0 Å². The molecule has 0 saturated carbocycles. The molecule has 104 valence electrons. The van der Waals surface area contributed by atoms with E-state index in [1.165, 1.54) is 5.51 Å². The van der Waals surface area contributed by atoms with Gasteiger partial charge in [0, 0.05) is 6.42 Å². The number of amides is 2. The van der Waals surface area contributed by atoms with Gasteiger partial charge in [0.05, 0.1) is 0 Å². The number of carbonyl (C=O) groups excluding carboxylic acids is 1. The van der Waals surface area contributed by atoms with Crippen molar-refractivity contribution in [1.29, 1.82) is 0 Å². The Labute approximate surface area is 118 Å². The molecule has 1 atom stereocenters. The fourth-order valence-electron chi connectivity index (χ4n) is 1.57. The topological polar surface area (TPSA) is 104 Å². The van der Waals surface area contributed by atoms with Gasteiger partial charge >= 0.3 is 12.0 Å². The molecule has 0 spiro atoms. The Bertz CT molecular complexity index is 574. The number of carboxylic acid groups (broad SMARTS) is 1. The van der Waals surface area contributed by atoms with Gasteiger partial charge in [-0.2, -0.15) is 0 Å². The van der Waals surface area contributed by atoms with Crippen LogP contribution in [0.25, 0.3) is 0 Å². The molecule has 0 aliphatic heterocycles. The van der Waals surface area contributed by atoms with Gasteiger partial charge in [-0.25, -0.2) is 9.59 Å². The van der Waals surface area contributed by atoms with Crippen LogP contribution in [0.2, 0.25) is 0 Å². The fraction of sp³-hybridized carbons (Fsp3) is 0.167. The predicted octanol–water partition coefficient (Wildman–Crippen LogP) is 1.36. The second kappa shape index (κ2) is 6.62. The summed E-state index contributed by atoms with van der Waals surface area (Å²) in [5.74, 6) is -1.10. The van der Waals surface area contributed by atoms with Crippen LogP contribution in [0.1, 0.15) is 5.56 Å². The van der Waals surface area contributed by atoms with Gasteiger partial charge in [-0.05, 0) is 5.56 Å². The fourth-order valence-corrected chi connectivity index (χ4v) is 2.01. The highest BCUT2D eigenvalue weighted by molar-refractivity contribution is 7.13. The van der Waals surface area contributed by atoms with Crippen molar-refractivity contribution in [2.75, 3.05) is 5.32 Å². The first-order valence-corrected chi connectivity index (χ1v) is 6.63. The maximum absolute atomic E-state index is 11.7. The number of hydrogen-bond donors (Lipinski definition) is 3. The number of nitrogens with zero attached hydrogens (tertiary/aromatic N) is 2. The van der Waals surface area contributed by atoms with E-state index >= 15 is 0 Å². The zero-order chi connectivity index (χ0) is 14.4. The van der Waals surface area contributed by atoms with Gasteiger partial charge in [0.25, 0.3) is 0 Å². The van der Waals surface area contributed by atoms with Crippen LogP contribution in [0.15, 0.2) is 35.8 Å². The van der Waals surface area contributed by atoms with E-state index in [9.17, 15) is 9.59 Å². The summed E-state index contributed by atoms with van der Waals surface area (Å²) in [5.41, 5.74) is 2.30. The van der Waals surface area contributed by atoms with Gasteiger partial charge in [0.1, 0.15) is 11.6 Å². The molecule has 0 radical (unpaired) electrons. The van der Waals surface area contributed by atoms with Crippen LogP contribution in [0.3, 0.4) is 0 Å². The Morgan fingerprint density at radius 3 is 2.65 bits per heavy atom. The molecule has 0 bridgehead atoms. The maximum Gasteiger partial charge on any atom is 0.326 e. The molecule has 0 aliphatic rings. The summed E-state index contributed by atoms with van der Waals surface area (Å²) < 4.78 is 0. The smallest absolute Gasteiger partial charge is 0.326 e. The van der Waals surface area contributed by atoms with Crippen LogP contribution in [0, 0.1) is 0 Å². The Morgan fingerprint density at radius 2 is 2.05 bits per heavy atom. The maximum atomic E-state index is 11.7. The van der Waals surface area contributed by atoms with Crippen LogP contribution in [-0.2, 0) is 11.2 Å². The molecule has 1 heterocycles. The van der Waals surface area contributed by atoms with E-state index in [1.807, 2.05) is 18.2 Å². The Balaban J connectivity index is 1.95. The summed E-state index contributed by atoms with van der Waals surface area (Å²) >= 11 is 1.15. The first-order chi connectivity index (χ1) is 9.65. The molecule has 1 aromatic heterocycles. The Hall–Kier alpha value is -2.48. The van der Waals surface area contributed by atoms with Crippen molar-refractivity contribution in [3.05, 3.63) is 41.4 Å². The third-order valence-corrected chi connectivity index (χ3v) is 3.07. The first kappa shape index (κ1) is 13.9. The number of urea groups is 1. The molecular formula is C12H12N4O3S. The zero-order valence-electron chi connectivity index (χ0n) is 10.3. The van der Waals surface area contributed by atoms with E-state index in [-0.39, 0.29) is 6.42 Å². The Morgan fingerprint density at radius 1 is 1.30 bits per heavy atom. The van der Waals surface area contributed by atoms with Gasteiger partial charge < -0.3 is 10.4 Å². The van der Waals surface area contributed by atoms with Crippen molar-refractivity contribution in [1.82, 2.24) is 15.5 Å². The molecule has 3 N–H and O–H groups in total. The number of benzene rings is 1. The second-order valence-corrected chi connectivity index (χ2v) is 4.76. The molecular weight excluding hydrogens is 280 g/mol. The minimum Gasteiger partial charge on any atom is -0.480 e. The standard InChI is InChI=1S/C12H12N4O3S/c17-10(18)9(6-8-4-2-1-3-5-8)14-11(19)15-12-16-13-7-20-12/h1-5,7,9H,6H2,(H,17,18)(H2,14,15,16,19)/t9-/m1/s1. The highest BCUT2D eigenvalue weighted by Gasteiger charge is 2.20. The number of aromatic nitrogens is 2.